The molecule has 9 nitrogen and oxygen atoms in total. The Bertz CT molecular complexity index is 155. The van der Waals surface area contributed by atoms with Gasteiger partial charge in [0.15, 0.2) is 0 Å². The highest BCUT2D eigenvalue weighted by Gasteiger charge is 2.07. The van der Waals surface area contributed by atoms with Gasteiger partial charge in [0.25, 0.3) is 0 Å². The Morgan fingerprint density at radius 2 is 1.31 bits per heavy atom. The van der Waals surface area contributed by atoms with Gasteiger partial charge in [-0.15, -0.1) is 0 Å². The van der Waals surface area contributed by atoms with Crippen molar-refractivity contribution in [2.24, 2.45) is 0 Å². The summed E-state index contributed by atoms with van der Waals surface area (Å²) in [5.41, 5.74) is 13.2. The molecule has 0 aliphatic heterocycles. The fourth-order valence-corrected chi connectivity index (χ4v) is 0.362. The first-order valence-electron chi connectivity index (χ1n) is 3.32. The highest BCUT2D eigenvalue weighted by Crippen LogP contribution is 1.75. The minimum atomic E-state index is -0.940. The molecule has 0 aromatic rings. The van der Waals surface area contributed by atoms with Crippen molar-refractivity contribution in [3.63, 3.8) is 0 Å². The third kappa shape index (κ3) is 6.96. The number of nitrogens with one attached hydrogen (secondary N) is 6. The summed E-state index contributed by atoms with van der Waals surface area (Å²) in [6.45, 7) is 0. The molecular formula is C4H12N6O3. The van der Waals surface area contributed by atoms with E-state index in [2.05, 4.69) is 26.7 Å². The lowest BCUT2D eigenvalue weighted by atomic mass is 11.1. The van der Waals surface area contributed by atoms with E-state index in [1.165, 1.54) is 14.1 Å². The van der Waals surface area contributed by atoms with Crippen LogP contribution in [-0.4, -0.2) is 26.3 Å². The van der Waals surface area contributed by atoms with Crippen LogP contribution in [-0.2, 0) is 4.74 Å². The highest BCUT2D eigenvalue weighted by molar-refractivity contribution is 5.82. The van der Waals surface area contributed by atoms with Crippen molar-refractivity contribution in [3.8, 4) is 0 Å². The minimum Gasteiger partial charge on any atom is -0.357 e. The van der Waals surface area contributed by atoms with Gasteiger partial charge in [-0.05, 0) is 0 Å². The molecule has 0 saturated heterocycles. The molecule has 6 N–H and O–H groups in total. The van der Waals surface area contributed by atoms with Gasteiger partial charge < -0.3 is 4.74 Å². The van der Waals surface area contributed by atoms with Crippen LogP contribution in [0.5, 0.6) is 0 Å². The fourth-order valence-electron chi connectivity index (χ4n) is 0.362. The van der Waals surface area contributed by atoms with Crippen molar-refractivity contribution in [2.45, 2.75) is 0 Å². The quantitative estimate of drug-likeness (QED) is 0.219. The van der Waals surface area contributed by atoms with Crippen molar-refractivity contribution in [2.75, 3.05) is 14.1 Å². The van der Waals surface area contributed by atoms with Crippen molar-refractivity contribution < 1.29 is 14.3 Å². The maximum absolute atomic E-state index is 10.6. The number of ether oxygens (including phenoxy) is 1. The van der Waals surface area contributed by atoms with Gasteiger partial charge >= 0.3 is 12.2 Å². The van der Waals surface area contributed by atoms with Crippen LogP contribution in [0.15, 0.2) is 0 Å². The molecule has 2 amide bonds. The lowest BCUT2D eigenvalue weighted by molar-refractivity contribution is 0.141. The van der Waals surface area contributed by atoms with Crippen molar-refractivity contribution in [3.05, 3.63) is 0 Å². The van der Waals surface area contributed by atoms with E-state index in [4.69, 9.17) is 0 Å². The molecule has 76 valence electrons. The largest absolute Gasteiger partial charge is 0.431 e. The summed E-state index contributed by atoms with van der Waals surface area (Å²) in [4.78, 5) is 21.3. The highest BCUT2D eigenvalue weighted by atomic mass is 16.6. The molecule has 0 atom stereocenters. The topological polar surface area (TPSA) is 116 Å². The molecule has 0 aliphatic carbocycles. The van der Waals surface area contributed by atoms with Gasteiger partial charge in [-0.1, -0.05) is 0 Å². The van der Waals surface area contributed by atoms with E-state index in [0.717, 1.165) is 0 Å². The Labute approximate surface area is 74.5 Å². The molecule has 0 saturated carbocycles. The zero-order chi connectivity index (χ0) is 10.1. The molecule has 0 aromatic heterocycles. The second kappa shape index (κ2) is 7.24. The van der Waals surface area contributed by atoms with Crippen LogP contribution in [0.3, 0.4) is 0 Å². The van der Waals surface area contributed by atoms with Gasteiger partial charge in [0, 0.05) is 14.1 Å². The molecule has 0 fully saturated rings. The summed E-state index contributed by atoms with van der Waals surface area (Å²) in [5.74, 6) is 0. The van der Waals surface area contributed by atoms with E-state index < -0.39 is 12.2 Å². The maximum Gasteiger partial charge on any atom is 0.431 e. The number of rotatable bonds is 4. The first-order chi connectivity index (χ1) is 6.20. The van der Waals surface area contributed by atoms with Crippen molar-refractivity contribution in [1.29, 1.82) is 0 Å². The monoisotopic (exact) mass is 192 g/mol. The van der Waals surface area contributed by atoms with Crippen LogP contribution in [0.4, 0.5) is 9.59 Å². The fraction of sp³-hybridized carbons (Fsp3) is 0.500. The molecule has 0 bridgehead atoms. The lowest BCUT2D eigenvalue weighted by Crippen LogP contribution is -2.49. The van der Waals surface area contributed by atoms with Gasteiger partial charge in [0.05, 0.1) is 0 Å². The summed E-state index contributed by atoms with van der Waals surface area (Å²) in [7, 11) is 3.06. The average Bonchev–Trinajstić information content (AvgIpc) is 2.11. The molecule has 9 heteroatoms. The molecule has 0 spiro atoms. The summed E-state index contributed by atoms with van der Waals surface area (Å²) in [5, 5.41) is 0. The van der Waals surface area contributed by atoms with Crippen LogP contribution in [0.25, 0.3) is 0 Å². The smallest absolute Gasteiger partial charge is 0.357 e. The molecule has 0 aromatic carbocycles. The first-order valence-corrected chi connectivity index (χ1v) is 3.32. The van der Waals surface area contributed by atoms with Gasteiger partial charge in [0.1, 0.15) is 0 Å². The van der Waals surface area contributed by atoms with E-state index in [1.54, 1.807) is 0 Å². The standard InChI is InChI=1S/C4H12N6O3/c1-5-9-7-3(11)13-4(12)8-10-6-2/h5-6,9-10H,1-2H3,(H,7,11)(H,8,12). The van der Waals surface area contributed by atoms with E-state index in [-0.39, 0.29) is 0 Å². The third-order valence-electron chi connectivity index (χ3n) is 0.765. The summed E-state index contributed by atoms with van der Waals surface area (Å²) < 4.78 is 4.15. The van der Waals surface area contributed by atoms with Crippen LogP contribution < -0.4 is 32.8 Å². The SMILES string of the molecule is CNNNC(=O)OC(=O)NNNC. The minimum absolute atomic E-state index is 0.940. The predicted octanol–water partition coefficient (Wildman–Crippen LogP) is -2.30. The molecule has 0 rings (SSSR count). The molecule has 13 heavy (non-hydrogen) atoms. The number of hydrogen-bond donors (Lipinski definition) is 6. The van der Waals surface area contributed by atoms with Gasteiger partial charge in [-0.3, -0.25) is 0 Å². The van der Waals surface area contributed by atoms with E-state index in [1.807, 2.05) is 10.9 Å². The predicted molar refractivity (Wildman–Crippen MR) is 42.5 cm³/mol. The Hall–Kier alpha value is -1.42. The summed E-state index contributed by atoms with van der Waals surface area (Å²) in [6, 6.07) is 0. The van der Waals surface area contributed by atoms with Gasteiger partial charge in [0.2, 0.25) is 0 Å². The lowest BCUT2D eigenvalue weighted by Gasteiger charge is -2.06. The second-order valence-electron chi connectivity index (χ2n) is 1.68. The third-order valence-corrected chi connectivity index (χ3v) is 0.765. The maximum atomic E-state index is 10.6. The molecule has 0 unspecified atom stereocenters. The molecule has 0 heterocycles. The summed E-state index contributed by atoms with van der Waals surface area (Å²) in [6.07, 6.45) is -1.88. The number of hydrogen-bond acceptors (Lipinski definition) is 7. The van der Waals surface area contributed by atoms with Gasteiger partial charge in [-0.2, -0.15) is 11.1 Å². The first kappa shape index (κ1) is 11.6. The van der Waals surface area contributed by atoms with Crippen LogP contribution >= 0.6 is 0 Å². The Kier molecular flexibility index (Phi) is 6.45. The van der Waals surface area contributed by atoms with E-state index >= 15 is 0 Å². The number of carbonyl (C=O) groups is 2. The Morgan fingerprint density at radius 3 is 1.62 bits per heavy atom. The van der Waals surface area contributed by atoms with Crippen molar-refractivity contribution in [1.82, 2.24) is 32.8 Å². The van der Waals surface area contributed by atoms with Gasteiger partial charge in [-0.25, -0.2) is 31.3 Å². The van der Waals surface area contributed by atoms with Crippen LogP contribution in [0, 0.1) is 0 Å². The zero-order valence-corrected chi connectivity index (χ0v) is 7.22. The van der Waals surface area contributed by atoms with E-state index in [9.17, 15) is 9.59 Å². The van der Waals surface area contributed by atoms with Crippen molar-refractivity contribution >= 4 is 12.2 Å². The average molecular weight is 192 g/mol. The number of carbonyl (C=O) groups excluding carboxylic acids is 2. The molecular weight excluding hydrogens is 180 g/mol. The van der Waals surface area contributed by atoms with Crippen LogP contribution in [0.1, 0.15) is 0 Å². The normalized spacial score (nSPS) is 9.08. The number of hydrazine groups is 4. The Balaban J connectivity index is 3.47. The van der Waals surface area contributed by atoms with Crippen LogP contribution in [0.2, 0.25) is 0 Å². The second-order valence-corrected chi connectivity index (χ2v) is 1.68. The molecule has 0 radical (unpaired) electrons. The summed E-state index contributed by atoms with van der Waals surface area (Å²) >= 11 is 0. The molecule has 0 aliphatic rings. The Morgan fingerprint density at radius 1 is 0.923 bits per heavy atom. The van der Waals surface area contributed by atoms with E-state index in [0.29, 0.717) is 0 Å². The number of amides is 2. The zero-order valence-electron chi connectivity index (χ0n) is 7.22.